The molecule has 1 unspecified atom stereocenters. The van der Waals surface area contributed by atoms with Crippen LogP contribution in [-0.2, 0) is 9.47 Å². The Kier molecular flexibility index (Phi) is 3.43. The van der Waals surface area contributed by atoms with E-state index in [9.17, 15) is 20.4 Å². The Hall–Kier alpha value is -0.280. The smallest absolute Gasteiger partial charge is 0.221 e. The molecular weight excluding hydrogens is 196 g/mol. The number of rotatable bonds is 2. The third-order valence-corrected chi connectivity index (χ3v) is 2.23. The largest absolute Gasteiger partial charge is 0.391 e. The molecule has 1 aliphatic rings. The number of hydrogen-bond acceptors (Lipinski definition) is 7. The molecule has 5 N–H and O–H groups in total. The average molecular weight is 210 g/mol. The Labute approximate surface area is 80.1 Å². The normalized spacial score (nSPS) is 49.3. The Morgan fingerprint density at radius 2 is 1.93 bits per heavy atom. The van der Waals surface area contributed by atoms with Gasteiger partial charge in [0.15, 0.2) is 6.29 Å². The lowest BCUT2D eigenvalue weighted by molar-refractivity contribution is -0.392. The van der Waals surface area contributed by atoms with Gasteiger partial charge in [-0.05, 0) is 0 Å². The second kappa shape index (κ2) is 4.07. The Balaban J connectivity index is 2.83. The molecule has 0 aromatic heterocycles. The molecule has 7 heteroatoms. The van der Waals surface area contributed by atoms with Crippen LogP contribution in [0.2, 0.25) is 0 Å². The summed E-state index contributed by atoms with van der Waals surface area (Å²) in [6.07, 6.45) is -6.07. The molecule has 0 aromatic rings. The minimum Gasteiger partial charge on any atom is -0.391 e. The number of aliphatic hydroxyl groups is 5. The van der Waals surface area contributed by atoms with Crippen molar-refractivity contribution in [2.24, 2.45) is 0 Å². The predicted octanol–water partition coefficient (Wildman–Crippen LogP) is -3.25. The summed E-state index contributed by atoms with van der Waals surface area (Å²) in [7, 11) is 1.20. The number of methoxy groups -OCH3 is 1. The van der Waals surface area contributed by atoms with Gasteiger partial charge in [0, 0.05) is 7.11 Å². The molecule has 0 amide bonds. The summed E-state index contributed by atoms with van der Waals surface area (Å²) in [5.74, 6) is -2.37. The molecule has 1 aliphatic heterocycles. The summed E-state index contributed by atoms with van der Waals surface area (Å²) < 4.78 is 9.18. The Morgan fingerprint density at radius 1 is 1.36 bits per heavy atom. The second-order valence-electron chi connectivity index (χ2n) is 3.15. The average Bonchev–Trinajstić information content (AvgIpc) is 2.15. The van der Waals surface area contributed by atoms with Crippen molar-refractivity contribution in [2.75, 3.05) is 13.7 Å². The minimum atomic E-state index is -2.37. The van der Waals surface area contributed by atoms with E-state index in [4.69, 9.17) is 5.11 Å². The first kappa shape index (κ1) is 11.8. The molecule has 0 radical (unpaired) electrons. The molecule has 0 saturated carbocycles. The lowest BCUT2D eigenvalue weighted by atomic mass is 9.96. The zero-order chi connectivity index (χ0) is 10.9. The van der Waals surface area contributed by atoms with Crippen molar-refractivity contribution in [1.29, 1.82) is 0 Å². The fraction of sp³-hybridized carbons (Fsp3) is 1.00. The van der Waals surface area contributed by atoms with E-state index in [2.05, 4.69) is 9.47 Å². The van der Waals surface area contributed by atoms with Crippen molar-refractivity contribution in [3.63, 3.8) is 0 Å². The molecule has 1 fully saturated rings. The van der Waals surface area contributed by atoms with Crippen LogP contribution in [0.1, 0.15) is 0 Å². The van der Waals surface area contributed by atoms with Crippen LogP contribution in [0.15, 0.2) is 0 Å². The zero-order valence-electron chi connectivity index (χ0n) is 7.57. The molecule has 0 aromatic carbocycles. The van der Waals surface area contributed by atoms with Crippen molar-refractivity contribution in [2.45, 2.75) is 30.4 Å². The molecule has 0 bridgehead atoms. The number of ether oxygens (including phenoxy) is 2. The van der Waals surface area contributed by atoms with Gasteiger partial charge in [-0.3, -0.25) is 0 Å². The maximum atomic E-state index is 9.40. The van der Waals surface area contributed by atoms with Gasteiger partial charge in [0.1, 0.15) is 18.3 Å². The van der Waals surface area contributed by atoms with Gasteiger partial charge in [-0.15, -0.1) is 0 Å². The Morgan fingerprint density at radius 3 is 2.36 bits per heavy atom. The molecule has 5 atom stereocenters. The highest BCUT2D eigenvalue weighted by atomic mass is 16.7. The van der Waals surface area contributed by atoms with Crippen LogP contribution in [-0.4, -0.2) is 69.6 Å². The first-order chi connectivity index (χ1) is 6.46. The fourth-order valence-electron chi connectivity index (χ4n) is 1.35. The molecule has 14 heavy (non-hydrogen) atoms. The molecule has 0 aliphatic carbocycles. The van der Waals surface area contributed by atoms with Gasteiger partial charge < -0.3 is 35.0 Å². The lowest BCUT2D eigenvalue weighted by Gasteiger charge is -2.44. The summed E-state index contributed by atoms with van der Waals surface area (Å²) in [5.41, 5.74) is 0. The van der Waals surface area contributed by atoms with Crippen molar-refractivity contribution < 1.29 is 35.0 Å². The molecule has 84 valence electrons. The molecule has 7 nitrogen and oxygen atoms in total. The van der Waals surface area contributed by atoms with E-state index in [-0.39, 0.29) is 0 Å². The van der Waals surface area contributed by atoms with Gasteiger partial charge in [-0.25, -0.2) is 0 Å². The summed E-state index contributed by atoms with van der Waals surface area (Å²) in [6, 6.07) is 0. The minimum absolute atomic E-state index is 0.946. The molecule has 0 spiro atoms. The van der Waals surface area contributed by atoms with Gasteiger partial charge in [-0.1, -0.05) is 0 Å². The highest BCUT2D eigenvalue weighted by molar-refractivity contribution is 4.93. The van der Waals surface area contributed by atoms with Crippen molar-refractivity contribution in [1.82, 2.24) is 0 Å². The summed E-state index contributed by atoms with van der Waals surface area (Å²) in [5, 5.41) is 46.1. The van der Waals surface area contributed by atoms with Crippen LogP contribution in [0.4, 0.5) is 0 Å². The Bertz CT molecular complexity index is 198. The van der Waals surface area contributed by atoms with Gasteiger partial charge in [0.05, 0.1) is 6.61 Å². The highest BCUT2D eigenvalue weighted by Gasteiger charge is 2.52. The lowest BCUT2D eigenvalue weighted by Crippen LogP contribution is -2.66. The number of aliphatic hydroxyl groups excluding tert-OH is 4. The van der Waals surface area contributed by atoms with E-state index >= 15 is 0 Å². The molecular formula is C7H14O7. The van der Waals surface area contributed by atoms with E-state index in [0.717, 1.165) is 0 Å². The van der Waals surface area contributed by atoms with Crippen LogP contribution >= 0.6 is 0 Å². The quantitative estimate of drug-likeness (QED) is 0.325. The standard InChI is InChI=1S/C7H14O7/c1-13-4-3(9)5(10)7(12,2-8)14-6(4)11/h3-6,8-12H,2H2,1H3/t3-,4-,5+,6+,7?/m1/s1. The van der Waals surface area contributed by atoms with Crippen LogP contribution in [0.25, 0.3) is 0 Å². The third kappa shape index (κ3) is 1.75. The maximum Gasteiger partial charge on any atom is 0.221 e. The summed E-state index contributed by atoms with van der Waals surface area (Å²) in [6.45, 7) is -0.946. The van der Waals surface area contributed by atoms with Gasteiger partial charge in [-0.2, -0.15) is 0 Å². The SMILES string of the molecule is CO[C@@H]1[C@@H](O)[C@H](O)C(O)(CO)O[C@@H]1O. The van der Waals surface area contributed by atoms with E-state index in [1.54, 1.807) is 0 Å². The summed E-state index contributed by atoms with van der Waals surface area (Å²) >= 11 is 0. The molecule has 1 saturated heterocycles. The van der Waals surface area contributed by atoms with Gasteiger partial charge >= 0.3 is 0 Å². The van der Waals surface area contributed by atoms with Crippen molar-refractivity contribution in [3.05, 3.63) is 0 Å². The van der Waals surface area contributed by atoms with Crippen LogP contribution in [0, 0.1) is 0 Å². The van der Waals surface area contributed by atoms with Crippen molar-refractivity contribution in [3.8, 4) is 0 Å². The monoisotopic (exact) mass is 210 g/mol. The maximum absolute atomic E-state index is 9.40. The topological polar surface area (TPSA) is 120 Å². The second-order valence-corrected chi connectivity index (χ2v) is 3.15. The van der Waals surface area contributed by atoms with Crippen LogP contribution in [0.5, 0.6) is 0 Å². The number of hydrogen-bond donors (Lipinski definition) is 5. The van der Waals surface area contributed by atoms with E-state index in [0.29, 0.717) is 0 Å². The van der Waals surface area contributed by atoms with E-state index in [1.165, 1.54) is 7.11 Å². The predicted molar refractivity (Wildman–Crippen MR) is 41.9 cm³/mol. The fourth-order valence-corrected chi connectivity index (χ4v) is 1.35. The van der Waals surface area contributed by atoms with E-state index in [1.807, 2.05) is 0 Å². The highest BCUT2D eigenvalue weighted by Crippen LogP contribution is 2.27. The van der Waals surface area contributed by atoms with Gasteiger partial charge in [0.2, 0.25) is 5.79 Å². The molecule has 1 heterocycles. The first-order valence-corrected chi connectivity index (χ1v) is 4.04. The summed E-state index contributed by atoms with van der Waals surface area (Å²) in [4.78, 5) is 0. The van der Waals surface area contributed by atoms with E-state index < -0.39 is 37.0 Å². The van der Waals surface area contributed by atoms with Crippen LogP contribution < -0.4 is 0 Å². The third-order valence-electron chi connectivity index (χ3n) is 2.23. The molecule has 1 rings (SSSR count). The van der Waals surface area contributed by atoms with Gasteiger partial charge in [0.25, 0.3) is 0 Å². The van der Waals surface area contributed by atoms with Crippen molar-refractivity contribution >= 4 is 0 Å². The van der Waals surface area contributed by atoms with Crippen LogP contribution in [0.3, 0.4) is 0 Å². The zero-order valence-corrected chi connectivity index (χ0v) is 7.57. The first-order valence-electron chi connectivity index (χ1n) is 4.04.